The highest BCUT2D eigenvalue weighted by Gasteiger charge is 2.16. The van der Waals surface area contributed by atoms with E-state index in [9.17, 15) is 4.79 Å². The van der Waals surface area contributed by atoms with Crippen molar-refractivity contribution in [2.24, 2.45) is 10.2 Å². The van der Waals surface area contributed by atoms with Crippen molar-refractivity contribution in [3.8, 4) is 0 Å². The van der Waals surface area contributed by atoms with Gasteiger partial charge in [-0.2, -0.15) is 0 Å². The van der Waals surface area contributed by atoms with Crippen molar-refractivity contribution in [1.82, 2.24) is 9.38 Å². The zero-order valence-corrected chi connectivity index (χ0v) is 13.8. The zero-order valence-electron chi connectivity index (χ0n) is 13.8. The number of carboxylic acid groups (broad SMARTS) is 1. The summed E-state index contributed by atoms with van der Waals surface area (Å²) in [5.41, 5.74) is 4.93. The number of fused-ring (bicyclic) bond motifs is 1. The van der Waals surface area contributed by atoms with Gasteiger partial charge in [0.2, 0.25) is 0 Å². The molecule has 3 aromatic rings. The van der Waals surface area contributed by atoms with Crippen molar-refractivity contribution in [2.45, 2.75) is 27.2 Å². The van der Waals surface area contributed by atoms with Crippen LogP contribution in [0.4, 0.5) is 11.5 Å². The van der Waals surface area contributed by atoms with Crippen LogP contribution >= 0.6 is 0 Å². The van der Waals surface area contributed by atoms with Gasteiger partial charge in [0, 0.05) is 6.20 Å². The van der Waals surface area contributed by atoms with Crippen molar-refractivity contribution in [1.29, 1.82) is 0 Å². The first-order valence-electron chi connectivity index (χ1n) is 7.63. The van der Waals surface area contributed by atoms with E-state index in [1.54, 1.807) is 4.40 Å². The summed E-state index contributed by atoms with van der Waals surface area (Å²) in [6.07, 6.45) is 1.63. The summed E-state index contributed by atoms with van der Waals surface area (Å²) in [5.74, 6) is -0.490. The Kier molecular flexibility index (Phi) is 4.12. The van der Waals surface area contributed by atoms with Crippen LogP contribution in [0.15, 0.2) is 46.8 Å². The second kappa shape index (κ2) is 6.23. The Morgan fingerprint density at radius 2 is 1.96 bits per heavy atom. The van der Waals surface area contributed by atoms with Gasteiger partial charge >= 0.3 is 5.97 Å². The first kappa shape index (κ1) is 15.9. The van der Waals surface area contributed by atoms with Gasteiger partial charge in [-0.05, 0) is 49.6 Å². The smallest absolute Gasteiger partial charge is 0.309 e. The van der Waals surface area contributed by atoms with Crippen LogP contribution in [0.1, 0.15) is 22.4 Å². The molecule has 2 aromatic heterocycles. The SMILES string of the molecule is Cc1ccc(C)c(N=Nc2c(CC(=O)O)nc3c(C)cccn23)c1. The van der Waals surface area contributed by atoms with E-state index < -0.39 is 5.97 Å². The van der Waals surface area contributed by atoms with Crippen molar-refractivity contribution in [3.63, 3.8) is 0 Å². The Hall–Kier alpha value is -3.02. The summed E-state index contributed by atoms with van der Waals surface area (Å²) < 4.78 is 1.78. The van der Waals surface area contributed by atoms with E-state index in [2.05, 4.69) is 15.2 Å². The maximum atomic E-state index is 11.1. The number of aryl methyl sites for hydroxylation is 3. The fraction of sp³-hybridized carbons (Fsp3) is 0.222. The minimum absolute atomic E-state index is 0.192. The molecular weight excluding hydrogens is 304 g/mol. The molecule has 122 valence electrons. The number of aliphatic carboxylic acids is 1. The number of benzene rings is 1. The standard InChI is InChI=1S/C18H18N4O2/c1-11-6-7-12(2)14(9-11)20-21-18-15(10-16(23)24)19-17-13(3)5-4-8-22(17)18/h4-9H,10H2,1-3H3,(H,23,24). The highest BCUT2D eigenvalue weighted by atomic mass is 16.4. The number of pyridine rings is 1. The van der Waals surface area contributed by atoms with Gasteiger partial charge in [0.15, 0.2) is 5.82 Å². The van der Waals surface area contributed by atoms with Crippen LogP contribution in [0.25, 0.3) is 5.65 Å². The van der Waals surface area contributed by atoms with Gasteiger partial charge < -0.3 is 5.11 Å². The third kappa shape index (κ3) is 3.03. The molecule has 2 heterocycles. The largest absolute Gasteiger partial charge is 0.481 e. The molecule has 0 fully saturated rings. The molecule has 0 radical (unpaired) electrons. The molecule has 0 amide bonds. The lowest BCUT2D eigenvalue weighted by Gasteiger charge is -2.01. The van der Waals surface area contributed by atoms with Gasteiger partial charge in [-0.15, -0.1) is 10.2 Å². The molecule has 0 bridgehead atoms. The van der Waals surface area contributed by atoms with Crippen molar-refractivity contribution >= 4 is 23.1 Å². The lowest BCUT2D eigenvalue weighted by Crippen LogP contribution is -2.00. The molecule has 0 aliphatic carbocycles. The van der Waals surface area contributed by atoms with Crippen LogP contribution in [0.3, 0.4) is 0 Å². The summed E-state index contributed by atoms with van der Waals surface area (Å²) in [4.78, 5) is 15.6. The third-order valence-corrected chi connectivity index (χ3v) is 3.83. The summed E-state index contributed by atoms with van der Waals surface area (Å²) in [6, 6.07) is 9.76. The molecule has 0 aliphatic heterocycles. The monoisotopic (exact) mass is 322 g/mol. The van der Waals surface area contributed by atoms with E-state index in [1.807, 2.05) is 57.3 Å². The number of imidazole rings is 1. The maximum absolute atomic E-state index is 11.1. The van der Waals surface area contributed by atoms with E-state index in [0.29, 0.717) is 17.2 Å². The number of carboxylic acids is 1. The molecule has 0 unspecified atom stereocenters. The molecule has 6 heteroatoms. The first-order chi connectivity index (χ1) is 11.5. The van der Waals surface area contributed by atoms with Gasteiger partial charge in [-0.25, -0.2) is 4.98 Å². The average Bonchev–Trinajstić information content (AvgIpc) is 2.86. The molecule has 24 heavy (non-hydrogen) atoms. The molecule has 0 aliphatic rings. The highest BCUT2D eigenvalue weighted by Crippen LogP contribution is 2.27. The number of carbonyl (C=O) groups is 1. The van der Waals surface area contributed by atoms with E-state index in [-0.39, 0.29) is 6.42 Å². The third-order valence-electron chi connectivity index (χ3n) is 3.83. The molecule has 6 nitrogen and oxygen atoms in total. The minimum atomic E-state index is -0.945. The predicted molar refractivity (Wildman–Crippen MR) is 91.4 cm³/mol. The van der Waals surface area contributed by atoms with Crippen LogP contribution in [0, 0.1) is 20.8 Å². The second-order valence-electron chi connectivity index (χ2n) is 5.83. The Morgan fingerprint density at radius 1 is 1.17 bits per heavy atom. The number of hydrogen-bond donors (Lipinski definition) is 1. The molecule has 3 rings (SSSR count). The van der Waals surface area contributed by atoms with E-state index >= 15 is 0 Å². The molecule has 0 saturated heterocycles. The molecule has 0 spiro atoms. The Bertz CT molecular complexity index is 957. The maximum Gasteiger partial charge on any atom is 0.309 e. The highest BCUT2D eigenvalue weighted by molar-refractivity contribution is 5.72. The fourth-order valence-corrected chi connectivity index (χ4v) is 2.53. The van der Waals surface area contributed by atoms with Crippen LogP contribution in [0.2, 0.25) is 0 Å². The summed E-state index contributed by atoms with van der Waals surface area (Å²) >= 11 is 0. The molecule has 1 N–H and O–H groups in total. The van der Waals surface area contributed by atoms with E-state index in [1.165, 1.54) is 0 Å². The minimum Gasteiger partial charge on any atom is -0.481 e. The number of nitrogens with zero attached hydrogens (tertiary/aromatic N) is 4. The summed E-state index contributed by atoms with van der Waals surface area (Å²) in [7, 11) is 0. The van der Waals surface area contributed by atoms with Crippen LogP contribution in [-0.4, -0.2) is 20.5 Å². The van der Waals surface area contributed by atoms with Gasteiger partial charge in [0.25, 0.3) is 0 Å². The summed E-state index contributed by atoms with van der Waals surface area (Å²) in [5, 5.41) is 17.8. The van der Waals surface area contributed by atoms with Gasteiger partial charge in [0.1, 0.15) is 5.65 Å². The van der Waals surface area contributed by atoms with E-state index in [0.717, 1.165) is 22.4 Å². The van der Waals surface area contributed by atoms with Crippen molar-refractivity contribution < 1.29 is 9.90 Å². The predicted octanol–water partition coefficient (Wildman–Crippen LogP) is 4.30. The average molecular weight is 322 g/mol. The first-order valence-corrected chi connectivity index (χ1v) is 7.63. The van der Waals surface area contributed by atoms with Crippen molar-refractivity contribution in [2.75, 3.05) is 0 Å². The molecule has 0 saturated carbocycles. The van der Waals surface area contributed by atoms with Crippen LogP contribution in [-0.2, 0) is 11.2 Å². The molecule has 0 atom stereocenters. The lowest BCUT2D eigenvalue weighted by atomic mass is 10.1. The number of hydrogen-bond acceptors (Lipinski definition) is 4. The van der Waals surface area contributed by atoms with E-state index in [4.69, 9.17) is 5.11 Å². The van der Waals surface area contributed by atoms with Gasteiger partial charge in [-0.3, -0.25) is 9.20 Å². The van der Waals surface area contributed by atoms with Crippen LogP contribution in [0.5, 0.6) is 0 Å². The summed E-state index contributed by atoms with van der Waals surface area (Å²) in [6.45, 7) is 5.88. The number of azo groups is 1. The molecular formula is C18H18N4O2. The Balaban J connectivity index is 2.13. The normalized spacial score (nSPS) is 11.5. The van der Waals surface area contributed by atoms with Gasteiger partial charge in [0.05, 0.1) is 17.8 Å². The second-order valence-corrected chi connectivity index (χ2v) is 5.83. The van der Waals surface area contributed by atoms with Crippen molar-refractivity contribution in [3.05, 3.63) is 58.9 Å². The quantitative estimate of drug-likeness (QED) is 0.727. The fourth-order valence-electron chi connectivity index (χ4n) is 2.53. The number of rotatable bonds is 4. The molecule has 1 aromatic carbocycles. The van der Waals surface area contributed by atoms with Crippen LogP contribution < -0.4 is 0 Å². The Morgan fingerprint density at radius 3 is 2.71 bits per heavy atom. The lowest BCUT2D eigenvalue weighted by molar-refractivity contribution is -0.136. The topological polar surface area (TPSA) is 79.3 Å². The zero-order chi connectivity index (χ0) is 17.3. The van der Waals surface area contributed by atoms with Gasteiger partial charge in [-0.1, -0.05) is 18.2 Å². The number of aromatic nitrogens is 2. The Labute approximate surface area is 139 Å².